The van der Waals surface area contributed by atoms with Crippen molar-refractivity contribution in [1.29, 1.82) is 0 Å². The lowest BCUT2D eigenvalue weighted by Crippen LogP contribution is -2.25. The fraction of sp³-hybridized carbons (Fsp3) is 0.0222. The van der Waals surface area contributed by atoms with Crippen LogP contribution in [0.4, 0.5) is 0 Å². The average molecular weight is 631 g/mol. The zero-order chi connectivity index (χ0) is 32.0. The zero-order valence-electron chi connectivity index (χ0n) is 26.6. The van der Waals surface area contributed by atoms with E-state index in [1.807, 2.05) is 0 Å². The summed E-state index contributed by atoms with van der Waals surface area (Å²) in [5, 5.41) is 4.66. The zero-order valence-corrected chi connectivity index (χ0v) is 27.7. The van der Waals surface area contributed by atoms with E-state index in [0.717, 1.165) is 55.7 Å². The Morgan fingerprint density at radius 3 is 1.10 bits per heavy atom. The summed E-state index contributed by atoms with van der Waals surface area (Å²) in [5.41, 5.74) is 11.4. The van der Waals surface area contributed by atoms with Gasteiger partial charge in [0.05, 0.1) is 11.5 Å². The standard InChI is InChI=1S/C44H30O2.CH3.Al/c45-43-39(33-23-19-31(20-24-33)29-11-3-1-4-12-29)27-35-15-7-9-17-37(35)41(43)42-38-18-10-8-16-36(38)28-40(44(42)46)34-25-21-32(22-26-34)30-13-5-2-6-14-30;;/h1-28,45-46H;1H3;/q;;+2/p-2. The van der Waals surface area contributed by atoms with Crippen molar-refractivity contribution in [3.05, 3.63) is 170 Å². The van der Waals surface area contributed by atoms with Gasteiger partial charge in [-0.2, -0.15) is 0 Å². The van der Waals surface area contributed by atoms with Gasteiger partial charge in [0.25, 0.3) is 0 Å². The first-order valence-electron chi connectivity index (χ1n) is 16.5. The van der Waals surface area contributed by atoms with Gasteiger partial charge in [-0.3, -0.25) is 0 Å². The average Bonchev–Trinajstić information content (AvgIpc) is 3.31. The highest BCUT2D eigenvalue weighted by Crippen LogP contribution is 2.54. The van der Waals surface area contributed by atoms with Gasteiger partial charge in [-0.1, -0.05) is 158 Å². The number of benzene rings is 8. The Balaban J connectivity index is 1.30. The molecule has 1 aliphatic heterocycles. The number of hydrogen-bond acceptors (Lipinski definition) is 2. The Hall–Kier alpha value is -5.59. The summed E-state index contributed by atoms with van der Waals surface area (Å²) >= 11 is -2.20. The molecule has 0 atom stereocenters. The molecule has 1 heterocycles. The monoisotopic (exact) mass is 630 g/mol. The van der Waals surface area contributed by atoms with Crippen LogP contribution in [0.2, 0.25) is 5.79 Å². The van der Waals surface area contributed by atoms with E-state index in [1.54, 1.807) is 0 Å². The second kappa shape index (κ2) is 11.9. The Labute approximate surface area is 285 Å². The van der Waals surface area contributed by atoms with Crippen molar-refractivity contribution in [2.75, 3.05) is 0 Å². The largest absolute Gasteiger partial charge is 0.853 e. The molecule has 0 radical (unpaired) electrons. The maximum atomic E-state index is 6.98. The molecule has 0 fully saturated rings. The second-order valence-electron chi connectivity index (χ2n) is 12.4. The molecular weight excluding hydrogens is 599 g/mol. The quantitative estimate of drug-likeness (QED) is 0.180. The Bertz CT molecular complexity index is 2260. The topological polar surface area (TPSA) is 18.5 Å². The predicted octanol–water partition coefficient (Wildman–Crippen LogP) is 12.2. The molecule has 3 heteroatoms. The van der Waals surface area contributed by atoms with E-state index >= 15 is 0 Å². The predicted molar refractivity (Wildman–Crippen MR) is 202 cm³/mol. The first-order valence-corrected chi connectivity index (χ1v) is 18.6. The van der Waals surface area contributed by atoms with Crippen molar-refractivity contribution in [2.24, 2.45) is 0 Å². The van der Waals surface area contributed by atoms with Crippen molar-refractivity contribution in [3.8, 4) is 67.1 Å². The van der Waals surface area contributed by atoms with E-state index in [1.165, 1.54) is 33.0 Å². The molecule has 0 aromatic heterocycles. The molecule has 1 aliphatic rings. The van der Waals surface area contributed by atoms with Crippen LogP contribution in [0.1, 0.15) is 0 Å². The van der Waals surface area contributed by atoms with Crippen LogP contribution in [0.15, 0.2) is 170 Å². The van der Waals surface area contributed by atoms with Crippen molar-refractivity contribution in [1.82, 2.24) is 0 Å². The van der Waals surface area contributed by atoms with Gasteiger partial charge >= 0.3 is 14.8 Å². The summed E-state index contributed by atoms with van der Waals surface area (Å²) in [6, 6.07) is 60.7. The van der Waals surface area contributed by atoms with Gasteiger partial charge in [0.1, 0.15) is 0 Å². The summed E-state index contributed by atoms with van der Waals surface area (Å²) in [4.78, 5) is 0. The highest BCUT2D eigenvalue weighted by Gasteiger charge is 2.36. The molecule has 226 valence electrons. The van der Waals surface area contributed by atoms with Crippen LogP contribution in [0.25, 0.3) is 77.2 Å². The molecule has 0 aliphatic carbocycles. The Morgan fingerprint density at radius 1 is 0.354 bits per heavy atom. The van der Waals surface area contributed by atoms with Gasteiger partial charge in [0, 0.05) is 22.3 Å². The Kier molecular flexibility index (Phi) is 7.09. The van der Waals surface area contributed by atoms with E-state index in [-0.39, 0.29) is 0 Å². The van der Waals surface area contributed by atoms with Crippen molar-refractivity contribution in [3.63, 3.8) is 0 Å². The van der Waals surface area contributed by atoms with E-state index in [0.29, 0.717) is 0 Å². The van der Waals surface area contributed by atoms with Gasteiger partial charge in [-0.05, 0) is 72.8 Å². The molecule has 0 N–H and O–H groups in total. The van der Waals surface area contributed by atoms with Crippen LogP contribution in [0.5, 0.6) is 11.5 Å². The summed E-state index contributed by atoms with van der Waals surface area (Å²) in [6.45, 7) is 0. The lowest BCUT2D eigenvalue weighted by Gasteiger charge is -2.21. The van der Waals surface area contributed by atoms with Crippen molar-refractivity contribution < 1.29 is 7.58 Å². The molecule has 0 saturated heterocycles. The van der Waals surface area contributed by atoms with Crippen molar-refractivity contribution >= 4 is 36.4 Å². The van der Waals surface area contributed by atoms with E-state index < -0.39 is 14.8 Å². The summed E-state index contributed by atoms with van der Waals surface area (Å²) in [7, 11) is 0. The van der Waals surface area contributed by atoms with Gasteiger partial charge in [0.15, 0.2) is 0 Å². The summed E-state index contributed by atoms with van der Waals surface area (Å²) < 4.78 is 14.0. The third-order valence-electron chi connectivity index (χ3n) is 9.43. The summed E-state index contributed by atoms with van der Waals surface area (Å²) in [5.74, 6) is 3.94. The molecule has 0 unspecified atom stereocenters. The molecule has 0 bridgehead atoms. The van der Waals surface area contributed by atoms with Gasteiger partial charge in [-0.15, -0.1) is 0 Å². The molecule has 2 nitrogen and oxygen atoms in total. The second-order valence-corrected chi connectivity index (χ2v) is 14.0. The van der Waals surface area contributed by atoms with Crippen molar-refractivity contribution in [2.45, 2.75) is 5.79 Å². The molecule has 8 aromatic rings. The fourth-order valence-corrected chi connectivity index (χ4v) is 8.33. The fourth-order valence-electron chi connectivity index (χ4n) is 7.13. The van der Waals surface area contributed by atoms with Crippen LogP contribution in [0.3, 0.4) is 0 Å². The highest BCUT2D eigenvalue weighted by molar-refractivity contribution is 6.46. The molecule has 0 amide bonds. The SMILES string of the molecule is [CH3][Al]1[O]c2c(-c3ccc(-c4ccccc4)cc3)cc3ccccc3c2-c2c(c(-c3ccc(-c4ccccc4)cc3)cc3ccccc23)[O]1. The maximum absolute atomic E-state index is 6.98. The smallest absolute Gasteiger partial charge is 0.611 e. The number of fused-ring (bicyclic) bond motifs is 7. The minimum Gasteiger partial charge on any atom is -0.611 e. The molecule has 0 spiro atoms. The van der Waals surface area contributed by atoms with Gasteiger partial charge in [-0.25, -0.2) is 0 Å². The molecule has 8 aromatic carbocycles. The molecule has 0 saturated carbocycles. The van der Waals surface area contributed by atoms with Crippen LogP contribution >= 0.6 is 0 Å². The third kappa shape index (κ3) is 4.97. The Morgan fingerprint density at radius 2 is 0.688 bits per heavy atom. The lowest BCUT2D eigenvalue weighted by atomic mass is 9.86. The van der Waals surface area contributed by atoms with Crippen LogP contribution < -0.4 is 7.58 Å². The normalized spacial score (nSPS) is 12.1. The van der Waals surface area contributed by atoms with Gasteiger partial charge < -0.3 is 7.58 Å². The van der Waals surface area contributed by atoms with Gasteiger partial charge in [0.2, 0.25) is 0 Å². The van der Waals surface area contributed by atoms with Crippen LogP contribution in [-0.4, -0.2) is 14.8 Å². The van der Waals surface area contributed by atoms with Crippen LogP contribution in [-0.2, 0) is 0 Å². The molecular formula is C45H31AlO2. The highest BCUT2D eigenvalue weighted by atomic mass is 27.2. The molecule has 48 heavy (non-hydrogen) atoms. The number of hydrogen-bond donors (Lipinski definition) is 0. The van der Waals surface area contributed by atoms with E-state index in [2.05, 4.69) is 176 Å². The minimum absolute atomic E-state index is 0.904. The first kappa shape index (κ1) is 28.6. The summed E-state index contributed by atoms with van der Waals surface area (Å²) in [6.07, 6.45) is 0. The third-order valence-corrected chi connectivity index (χ3v) is 10.6. The minimum atomic E-state index is -2.20. The molecule has 9 rings (SSSR count). The lowest BCUT2D eigenvalue weighted by molar-refractivity contribution is 0.442. The first-order chi connectivity index (χ1) is 23.7. The van der Waals surface area contributed by atoms with Crippen LogP contribution in [0, 0.1) is 0 Å². The number of rotatable bonds is 4. The maximum Gasteiger partial charge on any atom is 0.853 e. The van der Waals surface area contributed by atoms with E-state index in [9.17, 15) is 0 Å². The van der Waals surface area contributed by atoms with E-state index in [4.69, 9.17) is 7.58 Å².